The summed E-state index contributed by atoms with van der Waals surface area (Å²) in [5.74, 6) is 1.04. The first-order valence-electron chi connectivity index (χ1n) is 7.21. The molecule has 2 amide bonds. The van der Waals surface area contributed by atoms with Gasteiger partial charge in [0.25, 0.3) is 11.8 Å². The Labute approximate surface area is 138 Å². The SMILES string of the molecule is COc1ccc(NC(=O)c2ccc3c(c2)OCC(=O)N3)c(OC)c1. The Morgan fingerprint density at radius 3 is 2.75 bits per heavy atom. The highest BCUT2D eigenvalue weighted by molar-refractivity contribution is 6.06. The molecule has 1 heterocycles. The number of nitrogens with one attached hydrogen (secondary N) is 2. The van der Waals surface area contributed by atoms with Crippen molar-refractivity contribution in [3.8, 4) is 17.2 Å². The van der Waals surface area contributed by atoms with Crippen molar-refractivity contribution in [1.29, 1.82) is 0 Å². The molecule has 7 nitrogen and oxygen atoms in total. The summed E-state index contributed by atoms with van der Waals surface area (Å²) in [6.45, 7) is -0.0651. The van der Waals surface area contributed by atoms with Crippen molar-refractivity contribution in [1.82, 2.24) is 0 Å². The van der Waals surface area contributed by atoms with Crippen molar-refractivity contribution in [2.24, 2.45) is 0 Å². The van der Waals surface area contributed by atoms with Crippen LogP contribution in [0, 0.1) is 0 Å². The van der Waals surface area contributed by atoms with Crippen molar-refractivity contribution in [2.45, 2.75) is 0 Å². The topological polar surface area (TPSA) is 85.9 Å². The number of rotatable bonds is 4. The standard InChI is InChI=1S/C17H16N2O5/c1-22-11-4-6-12(14(8-11)23-2)19-17(21)10-3-5-13-15(7-10)24-9-16(20)18-13/h3-8H,9H2,1-2H3,(H,18,20)(H,19,21). The molecule has 3 rings (SSSR count). The van der Waals surface area contributed by atoms with Crippen LogP contribution in [0.5, 0.6) is 17.2 Å². The van der Waals surface area contributed by atoms with E-state index in [0.717, 1.165) is 0 Å². The lowest BCUT2D eigenvalue weighted by molar-refractivity contribution is -0.118. The largest absolute Gasteiger partial charge is 0.497 e. The van der Waals surface area contributed by atoms with Crippen LogP contribution in [0.2, 0.25) is 0 Å². The van der Waals surface area contributed by atoms with Gasteiger partial charge in [0.1, 0.15) is 17.2 Å². The van der Waals surface area contributed by atoms with E-state index in [0.29, 0.717) is 34.2 Å². The van der Waals surface area contributed by atoms with Crippen LogP contribution in [0.15, 0.2) is 36.4 Å². The van der Waals surface area contributed by atoms with Gasteiger partial charge in [0, 0.05) is 11.6 Å². The Balaban J connectivity index is 1.82. The van der Waals surface area contributed by atoms with E-state index in [1.807, 2.05) is 0 Å². The van der Waals surface area contributed by atoms with E-state index in [1.165, 1.54) is 7.11 Å². The molecule has 0 unspecified atom stereocenters. The minimum absolute atomic E-state index is 0.0651. The molecule has 0 fully saturated rings. The minimum atomic E-state index is -0.318. The van der Waals surface area contributed by atoms with E-state index >= 15 is 0 Å². The molecule has 24 heavy (non-hydrogen) atoms. The average Bonchev–Trinajstić information content (AvgIpc) is 2.61. The Kier molecular flexibility index (Phi) is 4.24. The van der Waals surface area contributed by atoms with Gasteiger partial charge in [0.2, 0.25) is 0 Å². The second-order valence-corrected chi connectivity index (χ2v) is 5.07. The summed E-state index contributed by atoms with van der Waals surface area (Å²) in [6, 6.07) is 9.93. The van der Waals surface area contributed by atoms with Crippen LogP contribution < -0.4 is 24.8 Å². The molecule has 2 N–H and O–H groups in total. The zero-order chi connectivity index (χ0) is 17.1. The number of methoxy groups -OCH3 is 2. The van der Waals surface area contributed by atoms with Gasteiger partial charge in [-0.25, -0.2) is 0 Å². The fourth-order valence-corrected chi connectivity index (χ4v) is 2.31. The molecule has 1 aliphatic rings. The number of fused-ring (bicyclic) bond motifs is 1. The Hall–Kier alpha value is -3.22. The first kappa shape index (κ1) is 15.7. The van der Waals surface area contributed by atoms with E-state index in [4.69, 9.17) is 14.2 Å². The van der Waals surface area contributed by atoms with E-state index in [2.05, 4.69) is 10.6 Å². The highest BCUT2D eigenvalue weighted by atomic mass is 16.5. The third-order valence-electron chi connectivity index (χ3n) is 3.53. The summed E-state index contributed by atoms with van der Waals surface area (Å²) in [7, 11) is 3.07. The molecule has 0 bridgehead atoms. The lowest BCUT2D eigenvalue weighted by Crippen LogP contribution is -2.25. The Morgan fingerprint density at radius 2 is 2.00 bits per heavy atom. The van der Waals surface area contributed by atoms with Crippen LogP contribution in [0.4, 0.5) is 11.4 Å². The highest BCUT2D eigenvalue weighted by Gasteiger charge is 2.18. The second kappa shape index (κ2) is 6.49. The molecule has 7 heteroatoms. The van der Waals surface area contributed by atoms with E-state index in [1.54, 1.807) is 43.5 Å². The summed E-state index contributed by atoms with van der Waals surface area (Å²) in [5, 5.41) is 5.46. The highest BCUT2D eigenvalue weighted by Crippen LogP contribution is 2.31. The molecule has 0 radical (unpaired) electrons. The van der Waals surface area contributed by atoms with Gasteiger partial charge < -0.3 is 24.8 Å². The molecule has 0 atom stereocenters. The number of anilines is 2. The quantitative estimate of drug-likeness (QED) is 0.899. The first-order valence-corrected chi connectivity index (χ1v) is 7.21. The fourth-order valence-electron chi connectivity index (χ4n) is 2.31. The smallest absolute Gasteiger partial charge is 0.262 e. The van der Waals surface area contributed by atoms with Crippen molar-refractivity contribution in [2.75, 3.05) is 31.5 Å². The van der Waals surface area contributed by atoms with Crippen molar-refractivity contribution in [3.63, 3.8) is 0 Å². The normalized spacial score (nSPS) is 12.5. The van der Waals surface area contributed by atoms with Gasteiger partial charge in [-0.3, -0.25) is 9.59 Å². The molecule has 2 aromatic carbocycles. The lowest BCUT2D eigenvalue weighted by atomic mass is 10.1. The number of hydrogen-bond acceptors (Lipinski definition) is 5. The number of hydrogen-bond donors (Lipinski definition) is 2. The van der Waals surface area contributed by atoms with Crippen LogP contribution >= 0.6 is 0 Å². The van der Waals surface area contributed by atoms with Crippen molar-refractivity contribution < 1.29 is 23.8 Å². The fraction of sp³-hybridized carbons (Fsp3) is 0.176. The van der Waals surface area contributed by atoms with Crippen LogP contribution in [0.3, 0.4) is 0 Å². The van der Waals surface area contributed by atoms with Gasteiger partial charge in [-0.1, -0.05) is 0 Å². The second-order valence-electron chi connectivity index (χ2n) is 5.07. The number of ether oxygens (including phenoxy) is 3. The molecule has 0 saturated heterocycles. The van der Waals surface area contributed by atoms with Gasteiger partial charge in [-0.05, 0) is 30.3 Å². The van der Waals surface area contributed by atoms with Crippen LogP contribution in [0.1, 0.15) is 10.4 Å². The Bertz CT molecular complexity index is 804. The van der Waals surface area contributed by atoms with Crippen molar-refractivity contribution >= 4 is 23.2 Å². The molecular formula is C17H16N2O5. The molecule has 0 aliphatic carbocycles. The van der Waals surface area contributed by atoms with Crippen LogP contribution in [-0.2, 0) is 4.79 Å². The summed E-state index contributed by atoms with van der Waals surface area (Å²) in [5.41, 5.74) is 1.47. The predicted molar refractivity (Wildman–Crippen MR) is 88.1 cm³/mol. The summed E-state index contributed by atoms with van der Waals surface area (Å²) in [6.07, 6.45) is 0. The first-order chi connectivity index (χ1) is 11.6. The van der Waals surface area contributed by atoms with Crippen LogP contribution in [0.25, 0.3) is 0 Å². The van der Waals surface area contributed by atoms with Gasteiger partial charge in [0.15, 0.2) is 6.61 Å². The predicted octanol–water partition coefficient (Wildman–Crippen LogP) is 2.29. The number of carbonyl (C=O) groups excluding carboxylic acids is 2. The van der Waals surface area contributed by atoms with Gasteiger partial charge in [-0.2, -0.15) is 0 Å². The van der Waals surface area contributed by atoms with Crippen LogP contribution in [-0.4, -0.2) is 32.6 Å². The van der Waals surface area contributed by atoms with E-state index in [9.17, 15) is 9.59 Å². The molecule has 0 aromatic heterocycles. The lowest BCUT2D eigenvalue weighted by Gasteiger charge is -2.18. The molecule has 0 spiro atoms. The summed E-state index contributed by atoms with van der Waals surface area (Å²) < 4.78 is 15.7. The van der Waals surface area contributed by atoms with Crippen molar-refractivity contribution in [3.05, 3.63) is 42.0 Å². The third-order valence-corrected chi connectivity index (χ3v) is 3.53. The zero-order valence-corrected chi connectivity index (χ0v) is 13.2. The molecule has 1 aliphatic heterocycles. The average molecular weight is 328 g/mol. The van der Waals surface area contributed by atoms with Gasteiger partial charge >= 0.3 is 0 Å². The maximum Gasteiger partial charge on any atom is 0.262 e. The molecule has 124 valence electrons. The Morgan fingerprint density at radius 1 is 1.17 bits per heavy atom. The summed E-state index contributed by atoms with van der Waals surface area (Å²) in [4.78, 5) is 23.7. The molecule has 0 saturated carbocycles. The van der Waals surface area contributed by atoms with Gasteiger partial charge in [0.05, 0.1) is 25.6 Å². The monoisotopic (exact) mass is 328 g/mol. The number of amides is 2. The number of benzene rings is 2. The zero-order valence-electron chi connectivity index (χ0n) is 13.2. The number of carbonyl (C=O) groups is 2. The van der Waals surface area contributed by atoms with Gasteiger partial charge in [-0.15, -0.1) is 0 Å². The van der Waals surface area contributed by atoms with E-state index in [-0.39, 0.29) is 18.4 Å². The third kappa shape index (κ3) is 3.10. The maximum absolute atomic E-state index is 12.4. The minimum Gasteiger partial charge on any atom is -0.497 e. The summed E-state index contributed by atoms with van der Waals surface area (Å²) >= 11 is 0. The maximum atomic E-state index is 12.4. The van der Waals surface area contributed by atoms with E-state index < -0.39 is 0 Å². The molecular weight excluding hydrogens is 312 g/mol. The molecule has 2 aromatic rings.